The van der Waals surface area contributed by atoms with E-state index in [1.165, 1.54) is 0 Å². The molecule has 0 fully saturated rings. The van der Waals surface area contributed by atoms with E-state index >= 15 is 0 Å². The third-order valence-electron chi connectivity index (χ3n) is 2.96. The van der Waals surface area contributed by atoms with Gasteiger partial charge in [-0.2, -0.15) is 5.10 Å². The van der Waals surface area contributed by atoms with Crippen LogP contribution in [0.2, 0.25) is 0 Å². The van der Waals surface area contributed by atoms with Crippen LogP contribution in [-0.2, 0) is 6.54 Å². The fraction of sp³-hybridized carbons (Fsp3) is 0.357. The highest BCUT2D eigenvalue weighted by Crippen LogP contribution is 2.28. The number of ether oxygens (including phenoxy) is 1. The lowest BCUT2D eigenvalue weighted by Gasteiger charge is -2.15. The van der Waals surface area contributed by atoms with Gasteiger partial charge in [0, 0.05) is 6.54 Å². The quantitative estimate of drug-likeness (QED) is 0.919. The van der Waals surface area contributed by atoms with Crippen LogP contribution in [0.3, 0.4) is 0 Å². The van der Waals surface area contributed by atoms with Crippen molar-refractivity contribution >= 4 is 15.9 Å². The first-order chi connectivity index (χ1) is 9.17. The Morgan fingerprint density at radius 3 is 2.89 bits per heavy atom. The van der Waals surface area contributed by atoms with Crippen LogP contribution >= 0.6 is 15.9 Å². The summed E-state index contributed by atoms with van der Waals surface area (Å²) in [6.07, 6.45) is 1.78. The lowest BCUT2D eigenvalue weighted by Crippen LogP contribution is -2.17. The third-order valence-corrected chi connectivity index (χ3v) is 3.57. The van der Waals surface area contributed by atoms with Gasteiger partial charge in [-0.3, -0.25) is 4.68 Å². The minimum absolute atomic E-state index is 0.225. The van der Waals surface area contributed by atoms with E-state index in [4.69, 9.17) is 10.5 Å². The van der Waals surface area contributed by atoms with Gasteiger partial charge in [0.25, 0.3) is 0 Å². The molecular formula is C14H18BrN3O. The first-order valence-electron chi connectivity index (χ1n) is 6.36. The summed E-state index contributed by atoms with van der Waals surface area (Å²) in [7, 11) is 0. The van der Waals surface area contributed by atoms with Crippen molar-refractivity contribution in [3.05, 3.63) is 46.2 Å². The molecule has 0 radical (unpaired) electrons. The van der Waals surface area contributed by atoms with Crippen LogP contribution < -0.4 is 10.5 Å². The Balaban J connectivity index is 2.35. The average Bonchev–Trinajstić information content (AvgIpc) is 2.80. The van der Waals surface area contributed by atoms with Gasteiger partial charge in [-0.15, -0.1) is 0 Å². The lowest BCUT2D eigenvalue weighted by molar-refractivity contribution is 0.339. The molecule has 102 valence electrons. The Bertz CT molecular complexity index is 553. The smallest absolute Gasteiger partial charge is 0.119 e. The summed E-state index contributed by atoms with van der Waals surface area (Å²) >= 11 is 3.51. The van der Waals surface area contributed by atoms with Crippen LogP contribution in [0.1, 0.15) is 31.1 Å². The molecule has 4 nitrogen and oxygen atoms in total. The fourth-order valence-electron chi connectivity index (χ4n) is 2.06. The molecule has 0 amide bonds. The number of rotatable bonds is 5. The second-order valence-electron chi connectivity index (χ2n) is 4.18. The summed E-state index contributed by atoms with van der Waals surface area (Å²) in [5, 5.41) is 4.30. The largest absolute Gasteiger partial charge is 0.494 e. The molecule has 0 saturated heterocycles. The number of halogens is 1. The molecule has 0 spiro atoms. The predicted octanol–water partition coefficient (Wildman–Crippen LogP) is 3.11. The summed E-state index contributed by atoms with van der Waals surface area (Å²) in [5.74, 6) is 0.842. The van der Waals surface area contributed by atoms with Gasteiger partial charge in [0.1, 0.15) is 5.75 Å². The first-order valence-corrected chi connectivity index (χ1v) is 7.16. The second kappa shape index (κ2) is 6.21. The minimum atomic E-state index is -0.225. The molecule has 19 heavy (non-hydrogen) atoms. The minimum Gasteiger partial charge on any atom is -0.494 e. The van der Waals surface area contributed by atoms with Gasteiger partial charge < -0.3 is 10.5 Å². The van der Waals surface area contributed by atoms with Gasteiger partial charge in [-0.05, 0) is 47.5 Å². The SMILES string of the molecule is CCOc1cccc(C(N)c2c(Br)cnn2CC)c1. The van der Waals surface area contributed by atoms with Gasteiger partial charge in [-0.25, -0.2) is 0 Å². The van der Waals surface area contributed by atoms with Crippen molar-refractivity contribution in [3.8, 4) is 5.75 Å². The van der Waals surface area contributed by atoms with E-state index in [-0.39, 0.29) is 6.04 Å². The molecule has 2 N–H and O–H groups in total. The number of nitrogens with zero attached hydrogens (tertiary/aromatic N) is 2. The molecule has 5 heteroatoms. The Labute approximate surface area is 121 Å². The highest BCUT2D eigenvalue weighted by atomic mass is 79.9. The number of benzene rings is 1. The van der Waals surface area contributed by atoms with E-state index in [1.807, 2.05) is 42.8 Å². The standard InChI is InChI=1S/C14H18BrN3O/c1-3-18-14(12(15)9-17-18)13(16)10-6-5-7-11(8-10)19-4-2/h5-9,13H,3-4,16H2,1-2H3. The van der Waals surface area contributed by atoms with Crippen LogP contribution in [0.25, 0.3) is 0 Å². The number of aromatic nitrogens is 2. The summed E-state index contributed by atoms with van der Waals surface area (Å²) in [6.45, 7) is 5.46. The maximum absolute atomic E-state index is 6.36. The van der Waals surface area contributed by atoms with E-state index in [9.17, 15) is 0 Å². The normalized spacial score (nSPS) is 12.4. The van der Waals surface area contributed by atoms with Crippen molar-refractivity contribution in [1.82, 2.24) is 9.78 Å². The molecule has 1 unspecified atom stereocenters. The number of aryl methyl sites for hydroxylation is 1. The maximum Gasteiger partial charge on any atom is 0.119 e. The molecule has 0 aliphatic heterocycles. The van der Waals surface area contributed by atoms with E-state index < -0.39 is 0 Å². The molecule has 1 aromatic carbocycles. The van der Waals surface area contributed by atoms with Crippen LogP contribution in [-0.4, -0.2) is 16.4 Å². The van der Waals surface area contributed by atoms with Crippen molar-refractivity contribution in [3.63, 3.8) is 0 Å². The Kier molecular flexibility index (Phi) is 4.61. The summed E-state index contributed by atoms with van der Waals surface area (Å²) < 4.78 is 8.35. The topological polar surface area (TPSA) is 53.1 Å². The molecule has 1 atom stereocenters. The van der Waals surface area contributed by atoms with E-state index in [0.29, 0.717) is 6.61 Å². The van der Waals surface area contributed by atoms with Gasteiger partial charge in [0.15, 0.2) is 0 Å². The molecule has 0 bridgehead atoms. The Hall–Kier alpha value is -1.33. The fourth-order valence-corrected chi connectivity index (χ4v) is 2.60. The highest BCUT2D eigenvalue weighted by Gasteiger charge is 2.18. The van der Waals surface area contributed by atoms with Gasteiger partial charge in [-0.1, -0.05) is 12.1 Å². The van der Waals surface area contributed by atoms with Crippen LogP contribution in [0, 0.1) is 0 Å². The van der Waals surface area contributed by atoms with Crippen LogP contribution in [0.5, 0.6) is 5.75 Å². The zero-order valence-corrected chi connectivity index (χ0v) is 12.7. The van der Waals surface area contributed by atoms with E-state index in [2.05, 4.69) is 21.0 Å². The first kappa shape index (κ1) is 14.1. The van der Waals surface area contributed by atoms with Crippen molar-refractivity contribution in [2.45, 2.75) is 26.4 Å². The zero-order valence-electron chi connectivity index (χ0n) is 11.1. The van der Waals surface area contributed by atoms with Crippen LogP contribution in [0.4, 0.5) is 0 Å². The van der Waals surface area contributed by atoms with Crippen LogP contribution in [0.15, 0.2) is 34.9 Å². The maximum atomic E-state index is 6.36. The lowest BCUT2D eigenvalue weighted by atomic mass is 10.0. The molecular weight excluding hydrogens is 306 g/mol. The molecule has 2 rings (SSSR count). The van der Waals surface area contributed by atoms with Gasteiger partial charge in [0.05, 0.1) is 29.0 Å². The zero-order chi connectivity index (χ0) is 13.8. The average molecular weight is 324 g/mol. The van der Waals surface area contributed by atoms with Crippen molar-refractivity contribution in [1.29, 1.82) is 0 Å². The third kappa shape index (κ3) is 2.98. The Morgan fingerprint density at radius 1 is 1.42 bits per heavy atom. The Morgan fingerprint density at radius 2 is 2.21 bits per heavy atom. The molecule has 2 aromatic rings. The number of nitrogens with two attached hydrogens (primary N) is 1. The molecule has 1 heterocycles. The summed E-state index contributed by atoms with van der Waals surface area (Å²) in [6, 6.07) is 7.66. The number of hydrogen-bond donors (Lipinski definition) is 1. The molecule has 0 aliphatic carbocycles. The number of hydrogen-bond acceptors (Lipinski definition) is 3. The second-order valence-corrected chi connectivity index (χ2v) is 5.03. The van der Waals surface area contributed by atoms with Crippen molar-refractivity contribution in [2.75, 3.05) is 6.61 Å². The summed E-state index contributed by atoms with van der Waals surface area (Å²) in [5.41, 5.74) is 8.35. The molecule has 1 aromatic heterocycles. The predicted molar refractivity (Wildman–Crippen MR) is 79.2 cm³/mol. The van der Waals surface area contributed by atoms with Crippen molar-refractivity contribution in [2.24, 2.45) is 5.73 Å². The van der Waals surface area contributed by atoms with E-state index in [1.54, 1.807) is 6.20 Å². The highest BCUT2D eigenvalue weighted by molar-refractivity contribution is 9.10. The van der Waals surface area contributed by atoms with Crippen molar-refractivity contribution < 1.29 is 4.74 Å². The van der Waals surface area contributed by atoms with Gasteiger partial charge in [0.2, 0.25) is 0 Å². The summed E-state index contributed by atoms with van der Waals surface area (Å²) in [4.78, 5) is 0. The van der Waals surface area contributed by atoms with E-state index in [0.717, 1.165) is 28.0 Å². The monoisotopic (exact) mass is 323 g/mol. The van der Waals surface area contributed by atoms with Gasteiger partial charge >= 0.3 is 0 Å². The molecule has 0 saturated carbocycles. The molecule has 0 aliphatic rings.